The first-order chi connectivity index (χ1) is 24.8. The Kier molecular flexibility index (Phi) is 15.6. The van der Waals surface area contributed by atoms with E-state index in [1.165, 1.54) is 7.11 Å². The van der Waals surface area contributed by atoms with E-state index in [2.05, 4.69) is 0 Å². The summed E-state index contributed by atoms with van der Waals surface area (Å²) >= 11 is 0. The highest BCUT2D eigenvalue weighted by Gasteiger charge is 2.55. The Morgan fingerprint density at radius 1 is 0.509 bits per heavy atom. The Labute approximate surface area is 309 Å². The van der Waals surface area contributed by atoms with Crippen molar-refractivity contribution in [2.75, 3.05) is 33.5 Å². The molecule has 0 aromatic rings. The van der Waals surface area contributed by atoms with Crippen molar-refractivity contribution in [3.63, 3.8) is 0 Å². The van der Waals surface area contributed by atoms with E-state index in [4.69, 9.17) is 65.3 Å². The summed E-state index contributed by atoms with van der Waals surface area (Å²) in [4.78, 5) is 0. The van der Waals surface area contributed by atoms with Gasteiger partial charge in [0.2, 0.25) is 0 Å². The lowest BCUT2D eigenvalue weighted by molar-refractivity contribution is -0.358. The van der Waals surface area contributed by atoms with Crippen molar-refractivity contribution >= 4 is 8.32 Å². The Morgan fingerprint density at radius 2 is 0.774 bits per heavy atom. The molecule has 4 heterocycles. The first kappa shape index (κ1) is 45.1. The van der Waals surface area contributed by atoms with Crippen molar-refractivity contribution in [2.45, 2.75) is 161 Å². The molecule has 4 aliphatic rings. The Morgan fingerprint density at radius 3 is 1.06 bits per heavy atom. The van der Waals surface area contributed by atoms with Gasteiger partial charge in [0, 0.05) is 7.11 Å². The first-order valence-corrected chi connectivity index (χ1v) is 20.6. The summed E-state index contributed by atoms with van der Waals surface area (Å²) in [5.41, 5.74) is 25.0. The van der Waals surface area contributed by atoms with Gasteiger partial charge in [0.1, 0.15) is 73.2 Å². The molecule has 0 aromatic heterocycles. The molecule has 0 saturated carbocycles. The third-order valence-electron chi connectivity index (χ3n) is 10.9. The molecule has 21 nitrogen and oxygen atoms in total. The Bertz CT molecular complexity index is 1140. The molecular formula is C31H62N4O17Si. The quantitative estimate of drug-likeness (QED) is 0.0772. The topological polar surface area (TPSA) is 349 Å². The highest BCUT2D eigenvalue weighted by molar-refractivity contribution is 6.74. The average molecular weight is 791 g/mol. The SMILES string of the molecule is CO[C@H]1OC(CO)[C@H](OC2OC(CO)C(O[C@H]3OC(CO)[C@H](OC4OC(CO)C(O[Si](C)(C)C(C)(C)C)[C@H](O)[C@@H]4N)C(O)[C@H]3N)[C@H](O)[C@@H]2N)C(O)[C@H]1N. The van der Waals surface area contributed by atoms with Crippen LogP contribution in [0.4, 0.5) is 0 Å². The molecule has 0 aromatic carbocycles. The molecular weight excluding hydrogens is 728 g/mol. The van der Waals surface area contributed by atoms with Crippen molar-refractivity contribution in [1.29, 1.82) is 0 Å². The van der Waals surface area contributed by atoms with E-state index in [1.54, 1.807) is 0 Å². The molecule has 20 atom stereocenters. The molecule has 53 heavy (non-hydrogen) atoms. The molecule has 0 bridgehead atoms. The van der Waals surface area contributed by atoms with Gasteiger partial charge in [-0.25, -0.2) is 0 Å². The maximum absolute atomic E-state index is 11.3. The minimum Gasteiger partial charge on any atom is -0.408 e. The summed E-state index contributed by atoms with van der Waals surface area (Å²) in [6.07, 6.45) is -21.3. The molecule has 16 N–H and O–H groups in total. The van der Waals surface area contributed by atoms with E-state index >= 15 is 0 Å². The molecule has 0 spiro atoms. The van der Waals surface area contributed by atoms with Crippen molar-refractivity contribution in [3.05, 3.63) is 0 Å². The molecule has 4 saturated heterocycles. The van der Waals surface area contributed by atoms with Crippen molar-refractivity contribution in [2.24, 2.45) is 22.9 Å². The van der Waals surface area contributed by atoms with Crippen LogP contribution in [0, 0.1) is 0 Å². The van der Waals surface area contributed by atoms with Gasteiger partial charge in [-0.05, 0) is 18.1 Å². The highest BCUT2D eigenvalue weighted by atomic mass is 28.4. The van der Waals surface area contributed by atoms with E-state index in [-0.39, 0.29) is 5.04 Å². The Balaban J connectivity index is 1.43. The molecule has 0 amide bonds. The number of rotatable bonds is 13. The number of ether oxygens (including phenoxy) is 8. The number of methoxy groups -OCH3 is 1. The first-order valence-electron chi connectivity index (χ1n) is 17.7. The van der Waals surface area contributed by atoms with Gasteiger partial charge in [0.05, 0.1) is 50.6 Å². The number of nitrogens with two attached hydrogens (primary N) is 4. The van der Waals surface area contributed by atoms with Crippen LogP contribution in [0.3, 0.4) is 0 Å². The van der Waals surface area contributed by atoms with Gasteiger partial charge in [-0.1, -0.05) is 20.8 Å². The predicted octanol–water partition coefficient (Wildman–Crippen LogP) is -6.20. The minimum atomic E-state index is -2.46. The van der Waals surface area contributed by atoms with Gasteiger partial charge in [0.15, 0.2) is 33.5 Å². The third-order valence-corrected chi connectivity index (χ3v) is 15.4. The summed E-state index contributed by atoms with van der Waals surface area (Å²) < 4.78 is 52.5. The smallest absolute Gasteiger partial charge is 0.192 e. The van der Waals surface area contributed by atoms with E-state index < -0.39 is 157 Å². The Hall–Kier alpha value is -0.623. The van der Waals surface area contributed by atoms with Gasteiger partial charge in [-0.15, -0.1) is 0 Å². The van der Waals surface area contributed by atoms with Crippen LogP contribution >= 0.6 is 0 Å². The van der Waals surface area contributed by atoms with Crippen LogP contribution in [0.25, 0.3) is 0 Å². The van der Waals surface area contributed by atoms with Crippen molar-refractivity contribution in [1.82, 2.24) is 0 Å². The second-order valence-corrected chi connectivity index (χ2v) is 20.3. The van der Waals surface area contributed by atoms with Gasteiger partial charge in [0.25, 0.3) is 0 Å². The van der Waals surface area contributed by atoms with Crippen LogP contribution in [-0.2, 0) is 42.3 Å². The standard InChI is InChI=1S/C31H62N4O17Si/c1-31(2,3)53(5,6)52-26-14(10-39)48-30(18(35)22(26)43)51-25-13(9-38)47-29(17(34)21(25)42)50-24-12(8-37)46-28(16(33)20(24)41)49-23-11(7-36)45-27(44-4)15(32)19(23)40/h11-30,36-43H,7-10,32-35H2,1-6H3/t11?,12?,13?,14?,15-,16+,17-,18+,19?,20-,21?,22-,23+,24?,25+,26?,27+,28?,29-,30?/m1/s1. The zero-order chi connectivity index (χ0) is 39.7. The normalized spacial score (nSPS) is 47.4. The lowest BCUT2D eigenvalue weighted by Crippen LogP contribution is -2.70. The maximum atomic E-state index is 11.3. The van der Waals surface area contributed by atoms with Gasteiger partial charge in [-0.3, -0.25) is 0 Å². The second kappa shape index (κ2) is 18.3. The summed E-state index contributed by atoms with van der Waals surface area (Å²) in [5, 5.41) is 84.9. The van der Waals surface area contributed by atoms with Crippen molar-refractivity contribution in [3.8, 4) is 0 Å². The number of hydrogen-bond donors (Lipinski definition) is 12. The highest BCUT2D eigenvalue weighted by Crippen LogP contribution is 2.40. The maximum Gasteiger partial charge on any atom is 0.192 e. The second-order valence-electron chi connectivity index (χ2n) is 15.6. The minimum absolute atomic E-state index is 0.227. The van der Waals surface area contributed by atoms with Crippen LogP contribution in [0.15, 0.2) is 0 Å². The fraction of sp³-hybridized carbons (Fsp3) is 1.00. The van der Waals surface area contributed by atoms with E-state index in [1.807, 2.05) is 33.9 Å². The van der Waals surface area contributed by atoms with Crippen LogP contribution in [0.1, 0.15) is 20.8 Å². The van der Waals surface area contributed by atoms with E-state index in [0.29, 0.717) is 0 Å². The van der Waals surface area contributed by atoms with E-state index in [0.717, 1.165) is 0 Å². The summed E-state index contributed by atoms with van der Waals surface area (Å²) in [6.45, 7) is 7.39. The number of hydrogen-bond acceptors (Lipinski definition) is 21. The van der Waals surface area contributed by atoms with E-state index in [9.17, 15) is 40.9 Å². The monoisotopic (exact) mass is 790 g/mol. The number of aliphatic hydroxyl groups excluding tert-OH is 8. The predicted molar refractivity (Wildman–Crippen MR) is 183 cm³/mol. The largest absolute Gasteiger partial charge is 0.408 e. The van der Waals surface area contributed by atoms with Crippen LogP contribution < -0.4 is 22.9 Å². The summed E-state index contributed by atoms with van der Waals surface area (Å²) in [5.74, 6) is 0. The molecule has 22 heteroatoms. The molecule has 4 rings (SSSR count). The van der Waals surface area contributed by atoms with Crippen molar-refractivity contribution < 1.29 is 83.2 Å². The fourth-order valence-corrected chi connectivity index (χ4v) is 7.89. The lowest BCUT2D eigenvalue weighted by atomic mass is 9.94. The lowest BCUT2D eigenvalue weighted by Gasteiger charge is -2.50. The summed E-state index contributed by atoms with van der Waals surface area (Å²) in [7, 11) is -1.14. The molecule has 312 valence electrons. The van der Waals surface area contributed by atoms with Gasteiger partial charge >= 0.3 is 0 Å². The fourth-order valence-electron chi connectivity index (χ4n) is 6.56. The van der Waals surface area contributed by atoms with Gasteiger partial charge < -0.3 is 106 Å². The average Bonchev–Trinajstić information content (AvgIpc) is 3.11. The molecule has 0 radical (unpaired) electrons. The molecule has 0 aliphatic carbocycles. The third kappa shape index (κ3) is 9.41. The van der Waals surface area contributed by atoms with Crippen LogP contribution in [0.2, 0.25) is 18.1 Å². The zero-order valence-corrected chi connectivity index (χ0v) is 31.9. The summed E-state index contributed by atoms with van der Waals surface area (Å²) in [6, 6.07) is -5.07. The molecule has 10 unspecified atom stereocenters. The zero-order valence-electron chi connectivity index (χ0n) is 30.9. The number of aliphatic hydroxyl groups is 8. The molecule has 4 aliphatic heterocycles. The van der Waals surface area contributed by atoms with Gasteiger partial charge in [-0.2, -0.15) is 0 Å². The van der Waals surface area contributed by atoms with Crippen LogP contribution in [0.5, 0.6) is 0 Å². The molecule has 4 fully saturated rings. The van der Waals surface area contributed by atoms with Crippen LogP contribution in [-0.4, -0.2) is 205 Å².